The maximum Gasteiger partial charge on any atom is 0.407 e. The van der Waals surface area contributed by atoms with Crippen molar-refractivity contribution in [1.82, 2.24) is 16.0 Å². The largest absolute Gasteiger partial charge is 0.444 e. The molecular weight excluding hydrogens is 523 g/mol. The number of hydrogen-bond donors (Lipinski definition) is 3. The molecule has 2 fully saturated rings. The third-order valence-corrected chi connectivity index (χ3v) is 5.54. The molecule has 0 atom stereocenters. The average Bonchev–Trinajstić information content (AvgIpc) is 2.71. The van der Waals surface area contributed by atoms with Gasteiger partial charge in [-0.3, -0.25) is 4.99 Å². The second-order valence-corrected chi connectivity index (χ2v) is 9.58. The minimum absolute atomic E-state index is 0. The summed E-state index contributed by atoms with van der Waals surface area (Å²) in [5, 5.41) is 9.88. The van der Waals surface area contributed by atoms with E-state index in [1.54, 1.807) is 0 Å². The number of aliphatic imine (C=N–C) groups is 1. The molecule has 188 valence electrons. The maximum absolute atomic E-state index is 12.0. The fourth-order valence-corrected chi connectivity index (χ4v) is 3.89. The summed E-state index contributed by atoms with van der Waals surface area (Å²) in [7, 11) is 0. The van der Waals surface area contributed by atoms with E-state index >= 15 is 0 Å². The van der Waals surface area contributed by atoms with Gasteiger partial charge in [-0.25, -0.2) is 4.79 Å². The zero-order valence-electron chi connectivity index (χ0n) is 20.4. The summed E-state index contributed by atoms with van der Waals surface area (Å²) in [5.74, 6) is 1.52. The third-order valence-electron chi connectivity index (χ3n) is 5.54. The second kappa shape index (κ2) is 15.9. The highest BCUT2D eigenvalue weighted by molar-refractivity contribution is 14.0. The first-order valence-electron chi connectivity index (χ1n) is 12.1. The van der Waals surface area contributed by atoms with Crippen LogP contribution in [-0.2, 0) is 14.2 Å². The molecule has 0 aromatic carbocycles. The molecule has 32 heavy (non-hydrogen) atoms. The SMILES string of the molecule is CCNC(=NCCCOCC1CCOCC1)NC1CCC(NC(=O)OC(C)(C)C)CC1.I. The first-order chi connectivity index (χ1) is 14.9. The number of amides is 1. The number of guanidine groups is 1. The van der Waals surface area contributed by atoms with Gasteiger partial charge in [0.2, 0.25) is 0 Å². The van der Waals surface area contributed by atoms with E-state index in [2.05, 4.69) is 22.9 Å². The van der Waals surface area contributed by atoms with E-state index in [1.807, 2.05) is 20.8 Å². The van der Waals surface area contributed by atoms with Crippen LogP contribution < -0.4 is 16.0 Å². The number of nitrogens with one attached hydrogen (secondary N) is 3. The van der Waals surface area contributed by atoms with Crippen molar-refractivity contribution in [2.24, 2.45) is 10.9 Å². The maximum atomic E-state index is 12.0. The van der Waals surface area contributed by atoms with E-state index in [1.165, 1.54) is 0 Å². The lowest BCUT2D eigenvalue weighted by molar-refractivity contribution is 0.0205. The molecule has 2 rings (SSSR count). The number of carbonyl (C=O) groups excluding carboxylic acids is 1. The zero-order chi connectivity index (χ0) is 22.5. The van der Waals surface area contributed by atoms with Gasteiger partial charge in [-0.05, 0) is 78.6 Å². The topological polar surface area (TPSA) is 93.2 Å². The number of ether oxygens (including phenoxy) is 3. The summed E-state index contributed by atoms with van der Waals surface area (Å²) < 4.78 is 16.6. The third kappa shape index (κ3) is 13.0. The van der Waals surface area contributed by atoms with Crippen LogP contribution in [0.25, 0.3) is 0 Å². The molecule has 1 saturated heterocycles. The lowest BCUT2D eigenvalue weighted by Gasteiger charge is -2.31. The van der Waals surface area contributed by atoms with Gasteiger partial charge >= 0.3 is 6.09 Å². The fourth-order valence-electron chi connectivity index (χ4n) is 3.89. The molecule has 8 nitrogen and oxygen atoms in total. The van der Waals surface area contributed by atoms with Crippen molar-refractivity contribution < 1.29 is 19.0 Å². The summed E-state index contributed by atoms with van der Waals surface area (Å²) in [6.45, 7) is 12.6. The van der Waals surface area contributed by atoms with Crippen LogP contribution in [0.1, 0.15) is 72.6 Å². The number of halogens is 1. The van der Waals surface area contributed by atoms with Crippen LogP contribution in [0.15, 0.2) is 4.99 Å². The van der Waals surface area contributed by atoms with Gasteiger partial charge < -0.3 is 30.2 Å². The molecule has 0 spiro atoms. The van der Waals surface area contributed by atoms with Gasteiger partial charge in [0.05, 0.1) is 0 Å². The van der Waals surface area contributed by atoms with E-state index in [4.69, 9.17) is 19.2 Å². The van der Waals surface area contributed by atoms with Crippen LogP contribution >= 0.6 is 24.0 Å². The zero-order valence-corrected chi connectivity index (χ0v) is 22.7. The van der Waals surface area contributed by atoms with Gasteiger partial charge in [0.25, 0.3) is 0 Å². The molecule has 1 amide bonds. The highest BCUT2D eigenvalue weighted by atomic mass is 127. The monoisotopic (exact) mass is 568 g/mol. The summed E-state index contributed by atoms with van der Waals surface area (Å²) in [4.78, 5) is 16.7. The Morgan fingerprint density at radius 1 is 1.03 bits per heavy atom. The van der Waals surface area contributed by atoms with Gasteiger partial charge in [0.1, 0.15) is 5.60 Å². The van der Waals surface area contributed by atoms with Crippen molar-refractivity contribution in [1.29, 1.82) is 0 Å². The molecule has 0 bridgehead atoms. The minimum Gasteiger partial charge on any atom is -0.444 e. The summed E-state index contributed by atoms with van der Waals surface area (Å²) in [6, 6.07) is 0.555. The van der Waals surface area contributed by atoms with Crippen molar-refractivity contribution in [3.8, 4) is 0 Å². The molecule has 0 aromatic rings. The predicted octanol–water partition coefficient (Wildman–Crippen LogP) is 3.83. The predicted molar refractivity (Wildman–Crippen MR) is 139 cm³/mol. The van der Waals surface area contributed by atoms with E-state index in [0.29, 0.717) is 12.0 Å². The molecule has 9 heteroatoms. The van der Waals surface area contributed by atoms with Gasteiger partial charge in [-0.2, -0.15) is 0 Å². The lowest BCUT2D eigenvalue weighted by atomic mass is 9.91. The van der Waals surface area contributed by atoms with Crippen LogP contribution in [0.2, 0.25) is 0 Å². The normalized spacial score (nSPS) is 22.6. The second-order valence-electron chi connectivity index (χ2n) is 9.58. The quantitative estimate of drug-likeness (QED) is 0.170. The molecule has 0 radical (unpaired) electrons. The van der Waals surface area contributed by atoms with Crippen LogP contribution in [-0.4, -0.2) is 69.3 Å². The number of alkyl carbamates (subject to hydrolysis) is 1. The Balaban J connectivity index is 0.00000512. The van der Waals surface area contributed by atoms with Crippen LogP contribution in [0.4, 0.5) is 4.79 Å². The number of carbonyl (C=O) groups is 1. The molecule has 2 aliphatic rings. The van der Waals surface area contributed by atoms with Gasteiger partial charge in [-0.15, -0.1) is 24.0 Å². The smallest absolute Gasteiger partial charge is 0.407 e. The molecule has 3 N–H and O–H groups in total. The van der Waals surface area contributed by atoms with Crippen LogP contribution in [0.3, 0.4) is 0 Å². The molecule has 1 aliphatic carbocycles. The summed E-state index contributed by atoms with van der Waals surface area (Å²) >= 11 is 0. The molecule has 0 unspecified atom stereocenters. The average molecular weight is 569 g/mol. The molecular formula is C23H45IN4O4. The molecule has 1 saturated carbocycles. The van der Waals surface area contributed by atoms with Gasteiger partial charge in [-0.1, -0.05) is 0 Å². The first-order valence-corrected chi connectivity index (χ1v) is 12.1. The number of hydrogen-bond acceptors (Lipinski definition) is 5. The minimum atomic E-state index is -0.462. The molecule has 1 aliphatic heterocycles. The highest BCUT2D eigenvalue weighted by Crippen LogP contribution is 2.19. The van der Waals surface area contributed by atoms with E-state index in [9.17, 15) is 4.79 Å². The van der Waals surface area contributed by atoms with Gasteiger partial charge in [0, 0.05) is 51.6 Å². The molecule has 0 aromatic heterocycles. The van der Waals surface area contributed by atoms with Crippen molar-refractivity contribution in [2.45, 2.75) is 90.3 Å². The van der Waals surface area contributed by atoms with Crippen molar-refractivity contribution in [3.05, 3.63) is 0 Å². The Bertz CT molecular complexity index is 543. The van der Waals surface area contributed by atoms with Crippen LogP contribution in [0.5, 0.6) is 0 Å². The van der Waals surface area contributed by atoms with Crippen molar-refractivity contribution >= 4 is 36.0 Å². The number of nitrogens with zero attached hydrogens (tertiary/aromatic N) is 1. The Hall–Kier alpha value is -0.810. The van der Waals surface area contributed by atoms with E-state index in [0.717, 1.165) is 90.4 Å². The first kappa shape index (κ1) is 29.2. The summed E-state index contributed by atoms with van der Waals surface area (Å²) in [5.41, 5.74) is -0.462. The van der Waals surface area contributed by atoms with Gasteiger partial charge in [0.15, 0.2) is 5.96 Å². The lowest BCUT2D eigenvalue weighted by Crippen LogP contribution is -2.48. The van der Waals surface area contributed by atoms with Crippen molar-refractivity contribution in [3.63, 3.8) is 0 Å². The number of rotatable bonds is 9. The Morgan fingerprint density at radius 2 is 1.66 bits per heavy atom. The van der Waals surface area contributed by atoms with E-state index in [-0.39, 0.29) is 36.1 Å². The van der Waals surface area contributed by atoms with E-state index < -0.39 is 5.60 Å². The Labute approximate surface area is 211 Å². The standard InChI is InChI=1S/C23H44N4O4.HI/c1-5-24-21(25-13-6-14-30-17-18-11-15-29-16-12-18)26-19-7-9-20(10-8-19)27-22(28)31-23(2,3)4;/h18-20H,5-17H2,1-4H3,(H,27,28)(H2,24,25,26);1H. The fraction of sp³-hybridized carbons (Fsp3) is 0.913. The van der Waals surface area contributed by atoms with Crippen LogP contribution in [0, 0.1) is 5.92 Å². The highest BCUT2D eigenvalue weighted by Gasteiger charge is 2.25. The van der Waals surface area contributed by atoms with Crippen molar-refractivity contribution in [2.75, 3.05) is 39.5 Å². The Kier molecular flexibility index (Phi) is 14.5. The molecule has 1 heterocycles. The summed E-state index contributed by atoms with van der Waals surface area (Å²) in [6.07, 6.45) is 6.71. The Morgan fingerprint density at radius 3 is 2.25 bits per heavy atom.